The van der Waals surface area contributed by atoms with Crippen molar-refractivity contribution in [2.45, 2.75) is 38.6 Å². The molecular weight excluding hydrogens is 206 g/mol. The third-order valence-corrected chi connectivity index (χ3v) is 2.59. The van der Waals surface area contributed by atoms with Crippen LogP contribution in [-0.4, -0.2) is 37.5 Å². The van der Waals surface area contributed by atoms with Crippen molar-refractivity contribution >= 4 is 11.8 Å². The Morgan fingerprint density at radius 1 is 1.38 bits per heavy atom. The van der Waals surface area contributed by atoms with Crippen molar-refractivity contribution in [3.8, 4) is 0 Å². The molecule has 5 nitrogen and oxygen atoms in total. The van der Waals surface area contributed by atoms with Crippen molar-refractivity contribution in [2.75, 3.05) is 19.6 Å². The van der Waals surface area contributed by atoms with Gasteiger partial charge in [0, 0.05) is 19.0 Å². The fourth-order valence-electron chi connectivity index (χ4n) is 1.75. The fourth-order valence-corrected chi connectivity index (χ4v) is 1.75. The van der Waals surface area contributed by atoms with Crippen LogP contribution in [0.15, 0.2) is 0 Å². The summed E-state index contributed by atoms with van der Waals surface area (Å²) in [6.45, 7) is 3.89. The van der Waals surface area contributed by atoms with Gasteiger partial charge >= 0.3 is 0 Å². The molecule has 0 spiro atoms. The van der Waals surface area contributed by atoms with Crippen molar-refractivity contribution in [1.29, 1.82) is 0 Å². The Labute approximate surface area is 96.4 Å². The van der Waals surface area contributed by atoms with Gasteiger partial charge in [-0.3, -0.25) is 9.59 Å². The zero-order chi connectivity index (χ0) is 11.8. The van der Waals surface area contributed by atoms with E-state index < -0.39 is 0 Å². The first kappa shape index (κ1) is 13.0. The molecule has 0 radical (unpaired) electrons. The van der Waals surface area contributed by atoms with E-state index in [2.05, 4.69) is 16.0 Å². The van der Waals surface area contributed by atoms with Crippen molar-refractivity contribution in [3.05, 3.63) is 0 Å². The first-order chi connectivity index (χ1) is 7.72. The van der Waals surface area contributed by atoms with Crippen molar-refractivity contribution < 1.29 is 9.59 Å². The van der Waals surface area contributed by atoms with E-state index >= 15 is 0 Å². The molecule has 1 saturated heterocycles. The molecule has 0 aromatic heterocycles. The molecule has 16 heavy (non-hydrogen) atoms. The van der Waals surface area contributed by atoms with Gasteiger partial charge in [0.1, 0.15) is 0 Å². The number of hydrogen-bond acceptors (Lipinski definition) is 3. The molecule has 1 atom stereocenters. The summed E-state index contributed by atoms with van der Waals surface area (Å²) >= 11 is 0. The molecule has 0 aliphatic carbocycles. The maximum atomic E-state index is 11.5. The van der Waals surface area contributed by atoms with Gasteiger partial charge in [0.05, 0.1) is 6.54 Å². The molecule has 1 unspecified atom stereocenters. The predicted molar refractivity (Wildman–Crippen MR) is 62.0 cm³/mol. The Bertz CT molecular complexity index is 237. The molecule has 0 saturated carbocycles. The molecule has 1 rings (SSSR count). The Balaban J connectivity index is 2.12. The second kappa shape index (κ2) is 7.22. The number of amides is 2. The van der Waals surface area contributed by atoms with Crippen LogP contribution >= 0.6 is 0 Å². The summed E-state index contributed by atoms with van der Waals surface area (Å²) in [5.41, 5.74) is 0. The highest BCUT2D eigenvalue weighted by Gasteiger charge is 2.15. The summed E-state index contributed by atoms with van der Waals surface area (Å²) in [5.74, 6) is -0.155. The number of hydrogen-bond donors (Lipinski definition) is 3. The van der Waals surface area contributed by atoms with Crippen LogP contribution in [0, 0.1) is 0 Å². The second-order valence-corrected chi connectivity index (χ2v) is 4.14. The first-order valence-electron chi connectivity index (χ1n) is 5.99. The Morgan fingerprint density at radius 2 is 2.19 bits per heavy atom. The van der Waals surface area contributed by atoms with Gasteiger partial charge in [0.2, 0.25) is 11.8 Å². The van der Waals surface area contributed by atoms with Crippen LogP contribution < -0.4 is 16.0 Å². The molecule has 1 fully saturated rings. The minimum Gasteiger partial charge on any atom is -0.351 e. The summed E-state index contributed by atoms with van der Waals surface area (Å²) in [6, 6.07) is 0.212. The first-order valence-corrected chi connectivity index (χ1v) is 5.99. The summed E-state index contributed by atoms with van der Waals surface area (Å²) in [6.07, 6.45) is 3.40. The monoisotopic (exact) mass is 227 g/mol. The van der Waals surface area contributed by atoms with E-state index in [9.17, 15) is 9.59 Å². The van der Waals surface area contributed by atoms with E-state index in [4.69, 9.17) is 0 Å². The van der Waals surface area contributed by atoms with Gasteiger partial charge in [0.15, 0.2) is 0 Å². The van der Waals surface area contributed by atoms with Crippen LogP contribution in [0.3, 0.4) is 0 Å². The largest absolute Gasteiger partial charge is 0.351 e. The van der Waals surface area contributed by atoms with E-state index in [1.165, 1.54) is 0 Å². The van der Waals surface area contributed by atoms with Crippen LogP contribution in [0.1, 0.15) is 32.6 Å². The third-order valence-electron chi connectivity index (χ3n) is 2.59. The molecule has 3 N–H and O–H groups in total. The summed E-state index contributed by atoms with van der Waals surface area (Å²) in [4.78, 5) is 22.6. The van der Waals surface area contributed by atoms with Crippen LogP contribution in [0.5, 0.6) is 0 Å². The second-order valence-electron chi connectivity index (χ2n) is 4.14. The molecule has 0 aromatic carbocycles. The van der Waals surface area contributed by atoms with Crippen LogP contribution in [0.4, 0.5) is 0 Å². The average molecular weight is 227 g/mol. The molecule has 1 aliphatic rings. The van der Waals surface area contributed by atoms with Gasteiger partial charge in [0.25, 0.3) is 0 Å². The van der Waals surface area contributed by atoms with Gasteiger partial charge in [-0.25, -0.2) is 0 Å². The standard InChI is InChI=1S/C11H21N3O2/c1-2-4-10(15)13-8-11(16)14-9-5-3-6-12-7-9/h9,12H,2-8H2,1H3,(H,13,15)(H,14,16). The summed E-state index contributed by atoms with van der Waals surface area (Å²) < 4.78 is 0. The number of carbonyl (C=O) groups excluding carboxylic acids is 2. The SMILES string of the molecule is CCCC(=O)NCC(=O)NC1CCCNC1. The quantitative estimate of drug-likeness (QED) is 0.607. The number of carbonyl (C=O) groups is 2. The maximum absolute atomic E-state index is 11.5. The van der Waals surface area contributed by atoms with Crippen molar-refractivity contribution in [3.63, 3.8) is 0 Å². The summed E-state index contributed by atoms with van der Waals surface area (Å²) in [5, 5.41) is 8.73. The zero-order valence-corrected chi connectivity index (χ0v) is 9.84. The van der Waals surface area contributed by atoms with Gasteiger partial charge in [-0.2, -0.15) is 0 Å². The molecule has 0 bridgehead atoms. The van der Waals surface area contributed by atoms with E-state index in [1.807, 2.05) is 6.92 Å². The summed E-state index contributed by atoms with van der Waals surface area (Å²) in [7, 11) is 0. The fraction of sp³-hybridized carbons (Fsp3) is 0.818. The Kier molecular flexibility index (Phi) is 5.85. The van der Waals surface area contributed by atoms with E-state index in [-0.39, 0.29) is 24.4 Å². The molecular formula is C11H21N3O2. The normalized spacial score (nSPS) is 20.2. The Morgan fingerprint density at radius 3 is 2.81 bits per heavy atom. The molecule has 5 heteroatoms. The lowest BCUT2D eigenvalue weighted by Gasteiger charge is -2.23. The van der Waals surface area contributed by atoms with E-state index in [0.29, 0.717) is 6.42 Å². The van der Waals surface area contributed by atoms with Gasteiger partial charge < -0.3 is 16.0 Å². The van der Waals surface area contributed by atoms with Crippen LogP contribution in [0.25, 0.3) is 0 Å². The van der Waals surface area contributed by atoms with Gasteiger partial charge in [-0.1, -0.05) is 6.92 Å². The lowest BCUT2D eigenvalue weighted by Crippen LogP contribution is -2.48. The number of nitrogens with one attached hydrogen (secondary N) is 3. The van der Waals surface area contributed by atoms with E-state index in [0.717, 1.165) is 32.4 Å². The molecule has 2 amide bonds. The van der Waals surface area contributed by atoms with Crippen molar-refractivity contribution in [1.82, 2.24) is 16.0 Å². The lowest BCUT2D eigenvalue weighted by molar-refractivity contribution is -0.126. The van der Waals surface area contributed by atoms with Gasteiger partial charge in [-0.15, -0.1) is 0 Å². The van der Waals surface area contributed by atoms with Crippen molar-refractivity contribution in [2.24, 2.45) is 0 Å². The lowest BCUT2D eigenvalue weighted by atomic mass is 10.1. The highest BCUT2D eigenvalue weighted by molar-refractivity contribution is 5.84. The topological polar surface area (TPSA) is 70.2 Å². The van der Waals surface area contributed by atoms with E-state index in [1.54, 1.807) is 0 Å². The highest BCUT2D eigenvalue weighted by atomic mass is 16.2. The molecule has 1 heterocycles. The zero-order valence-electron chi connectivity index (χ0n) is 9.84. The molecule has 0 aromatic rings. The smallest absolute Gasteiger partial charge is 0.239 e. The average Bonchev–Trinajstić information content (AvgIpc) is 2.28. The molecule has 1 aliphatic heterocycles. The third kappa shape index (κ3) is 5.11. The number of rotatable bonds is 5. The minimum atomic E-state index is -0.0989. The van der Waals surface area contributed by atoms with Gasteiger partial charge in [-0.05, 0) is 25.8 Å². The predicted octanol–water partition coefficient (Wildman–Crippen LogP) is -0.229. The maximum Gasteiger partial charge on any atom is 0.239 e. The van der Waals surface area contributed by atoms with Crippen LogP contribution in [0.2, 0.25) is 0 Å². The minimum absolute atomic E-state index is 0.0561. The highest BCUT2D eigenvalue weighted by Crippen LogP contribution is 2.00. The van der Waals surface area contributed by atoms with Crippen LogP contribution in [-0.2, 0) is 9.59 Å². The molecule has 92 valence electrons. The Hall–Kier alpha value is -1.10. The number of piperidine rings is 1.